The number of aromatic amines is 1. The molecule has 0 bridgehead atoms. The summed E-state index contributed by atoms with van der Waals surface area (Å²) in [6, 6.07) is -7.20. The number of rotatable bonds is 25. The Labute approximate surface area is 308 Å². The van der Waals surface area contributed by atoms with E-state index in [1.807, 2.05) is 13.2 Å². The van der Waals surface area contributed by atoms with Gasteiger partial charge < -0.3 is 59.0 Å². The van der Waals surface area contributed by atoms with Crippen LogP contribution >= 0.6 is 11.8 Å². The van der Waals surface area contributed by atoms with Gasteiger partial charge in [-0.05, 0) is 49.5 Å². The molecule has 294 valence electrons. The third kappa shape index (κ3) is 16.7. The lowest BCUT2D eigenvalue weighted by molar-refractivity contribution is -0.143. The molecule has 0 saturated carbocycles. The first-order valence-electron chi connectivity index (χ1n) is 17.2. The number of nitrogens with zero attached hydrogens (tertiary/aromatic N) is 2. The Balaban J connectivity index is 3.34. The number of amides is 5. The summed E-state index contributed by atoms with van der Waals surface area (Å²) in [6.45, 7) is 6.39. The molecule has 14 N–H and O–H groups in total. The van der Waals surface area contributed by atoms with Crippen LogP contribution in [0, 0.1) is 11.8 Å². The Hall–Kier alpha value is -4.43. The average Bonchev–Trinajstić information content (AvgIpc) is 3.61. The Kier molecular flexibility index (Phi) is 21.0. The topological polar surface area (TPSA) is 322 Å². The van der Waals surface area contributed by atoms with Gasteiger partial charge in [0.05, 0.1) is 19.0 Å². The van der Waals surface area contributed by atoms with Crippen LogP contribution < -0.4 is 43.8 Å². The van der Waals surface area contributed by atoms with Crippen LogP contribution in [-0.4, -0.2) is 123 Å². The van der Waals surface area contributed by atoms with Gasteiger partial charge in [-0.3, -0.25) is 29.0 Å². The number of aliphatic hydroxyl groups is 1. The highest BCUT2D eigenvalue weighted by Gasteiger charge is 2.34. The number of carboxylic acids is 1. The van der Waals surface area contributed by atoms with Crippen molar-refractivity contribution in [2.75, 3.05) is 25.2 Å². The lowest BCUT2D eigenvalue weighted by atomic mass is 9.96. The second-order valence-electron chi connectivity index (χ2n) is 12.9. The third-order valence-corrected chi connectivity index (χ3v) is 8.73. The predicted octanol–water partition coefficient (Wildman–Crippen LogP) is -2.32. The second kappa shape index (κ2) is 23.9. The van der Waals surface area contributed by atoms with Crippen molar-refractivity contribution in [2.45, 2.75) is 102 Å². The fourth-order valence-corrected chi connectivity index (χ4v) is 5.39. The maximum atomic E-state index is 13.9. The molecule has 52 heavy (non-hydrogen) atoms. The fourth-order valence-electron chi connectivity index (χ4n) is 4.90. The summed E-state index contributed by atoms with van der Waals surface area (Å²) in [4.78, 5) is 89.5. The zero-order chi connectivity index (χ0) is 39.4. The van der Waals surface area contributed by atoms with Crippen LogP contribution in [-0.2, 0) is 35.2 Å². The molecule has 0 unspecified atom stereocenters. The molecule has 1 aromatic rings. The van der Waals surface area contributed by atoms with E-state index >= 15 is 0 Å². The van der Waals surface area contributed by atoms with Gasteiger partial charge in [0.2, 0.25) is 29.5 Å². The van der Waals surface area contributed by atoms with Crippen LogP contribution in [0.5, 0.6) is 0 Å². The van der Waals surface area contributed by atoms with Crippen LogP contribution in [0.4, 0.5) is 0 Å². The maximum Gasteiger partial charge on any atom is 0.328 e. The highest BCUT2D eigenvalue weighted by molar-refractivity contribution is 7.98. The summed E-state index contributed by atoms with van der Waals surface area (Å²) in [5, 5.41) is 31.6. The molecule has 20 heteroatoms. The Bertz CT molecular complexity index is 1330. The number of carbonyl (C=O) groups is 6. The molecule has 5 amide bonds. The van der Waals surface area contributed by atoms with Gasteiger partial charge in [0.1, 0.15) is 30.2 Å². The molecule has 1 aromatic heterocycles. The first-order chi connectivity index (χ1) is 24.5. The molecule has 1 rings (SSSR count). The van der Waals surface area contributed by atoms with Crippen molar-refractivity contribution in [2.24, 2.45) is 34.0 Å². The van der Waals surface area contributed by atoms with Crippen molar-refractivity contribution < 1.29 is 39.0 Å². The fraction of sp³-hybridized carbons (Fsp3) is 0.688. The van der Waals surface area contributed by atoms with Crippen molar-refractivity contribution in [3.8, 4) is 0 Å². The van der Waals surface area contributed by atoms with E-state index in [1.165, 1.54) is 24.3 Å². The van der Waals surface area contributed by atoms with Crippen LogP contribution in [0.1, 0.15) is 65.5 Å². The number of aromatic nitrogens is 2. The van der Waals surface area contributed by atoms with Gasteiger partial charge in [-0.15, -0.1) is 0 Å². The monoisotopic (exact) mass is 755 g/mol. The highest BCUT2D eigenvalue weighted by Crippen LogP contribution is 2.12. The van der Waals surface area contributed by atoms with Gasteiger partial charge in [-0.25, -0.2) is 9.78 Å². The van der Waals surface area contributed by atoms with E-state index in [1.54, 1.807) is 20.8 Å². The van der Waals surface area contributed by atoms with Gasteiger partial charge in [0.25, 0.3) is 0 Å². The number of H-pyrrole nitrogens is 1. The van der Waals surface area contributed by atoms with E-state index in [4.69, 9.17) is 17.2 Å². The molecule has 1 heterocycles. The molecule has 0 aliphatic carbocycles. The number of aliphatic imine (C=N–C) groups is 1. The lowest BCUT2D eigenvalue weighted by Gasteiger charge is -2.29. The minimum atomic E-state index is -1.60. The van der Waals surface area contributed by atoms with E-state index in [9.17, 15) is 39.0 Å². The predicted molar refractivity (Wildman–Crippen MR) is 196 cm³/mol. The average molecular weight is 756 g/mol. The normalized spacial score (nSPS) is 15.2. The Morgan fingerprint density at radius 3 is 2.02 bits per heavy atom. The molecular formula is C32H57N11O8S. The van der Waals surface area contributed by atoms with Gasteiger partial charge in [0.15, 0.2) is 5.96 Å². The Morgan fingerprint density at radius 2 is 1.48 bits per heavy atom. The first kappa shape index (κ1) is 45.6. The van der Waals surface area contributed by atoms with Crippen molar-refractivity contribution >= 4 is 53.2 Å². The van der Waals surface area contributed by atoms with Gasteiger partial charge in [-0.2, -0.15) is 11.8 Å². The molecule has 0 spiro atoms. The summed E-state index contributed by atoms with van der Waals surface area (Å²) >= 11 is 1.53. The van der Waals surface area contributed by atoms with E-state index < -0.39 is 84.3 Å². The lowest BCUT2D eigenvalue weighted by Crippen LogP contribution is -2.60. The van der Waals surface area contributed by atoms with Crippen molar-refractivity contribution in [3.05, 3.63) is 18.2 Å². The molecule has 19 nitrogen and oxygen atoms in total. The van der Waals surface area contributed by atoms with Gasteiger partial charge in [0, 0.05) is 24.9 Å². The minimum Gasteiger partial charge on any atom is -0.480 e. The van der Waals surface area contributed by atoms with Crippen molar-refractivity contribution in [3.63, 3.8) is 0 Å². The standard InChI is InChI=1S/C32H57N11O8S/c1-6-18(4)25(43-29(48)23(13-19-14-36-16-38-19)40-26(45)20(33)9-11-52-5)30(49)39-21(8-7-10-37-32(34)35)27(46)41-22(12-17(2)3)28(47)42-24(15-44)31(50)51/h14,16-18,20-25,44H,6-13,15,33H2,1-5H3,(H,36,38)(H,39,49)(H,40,45)(H,41,46)(H,42,47)(H,43,48)(H,50,51)(H4,34,35,37)/t18-,20-,21-,22-,23-,24-,25-/m0/s1. The number of carboxylic acid groups (broad SMARTS) is 1. The summed E-state index contributed by atoms with van der Waals surface area (Å²) < 4.78 is 0. The third-order valence-electron chi connectivity index (χ3n) is 8.09. The maximum absolute atomic E-state index is 13.9. The van der Waals surface area contributed by atoms with Crippen LogP contribution in [0.15, 0.2) is 17.5 Å². The summed E-state index contributed by atoms with van der Waals surface area (Å²) in [6.07, 6.45) is 6.04. The SMILES string of the molecule is CC[C@H](C)[C@H](NC(=O)[C@H](Cc1cnc[nH]1)NC(=O)[C@@H](N)CCSC)C(=O)N[C@@H](CCCN=C(N)N)C(=O)N[C@@H](CC(C)C)C(=O)N[C@@H](CO)C(=O)O. The van der Waals surface area contributed by atoms with E-state index in [2.05, 4.69) is 41.5 Å². The number of nitrogens with one attached hydrogen (secondary N) is 6. The molecule has 0 saturated heterocycles. The zero-order valence-corrected chi connectivity index (χ0v) is 31.3. The molecule has 0 aromatic carbocycles. The number of hydrogen-bond acceptors (Lipinski definition) is 11. The van der Waals surface area contributed by atoms with Crippen LogP contribution in [0.25, 0.3) is 0 Å². The molecule has 0 radical (unpaired) electrons. The minimum absolute atomic E-state index is 0.0202. The molecule has 0 fully saturated rings. The van der Waals surface area contributed by atoms with E-state index in [-0.39, 0.29) is 44.1 Å². The van der Waals surface area contributed by atoms with Gasteiger partial charge in [-0.1, -0.05) is 34.1 Å². The van der Waals surface area contributed by atoms with Crippen molar-refractivity contribution in [1.82, 2.24) is 36.6 Å². The number of hydrogen-bond donors (Lipinski definition) is 11. The van der Waals surface area contributed by atoms with Crippen LogP contribution in [0.3, 0.4) is 0 Å². The molecular weight excluding hydrogens is 698 g/mol. The zero-order valence-electron chi connectivity index (χ0n) is 30.5. The number of imidazole rings is 1. The number of aliphatic hydroxyl groups excluding tert-OH is 1. The smallest absolute Gasteiger partial charge is 0.328 e. The highest BCUT2D eigenvalue weighted by atomic mass is 32.2. The number of thioether (sulfide) groups is 1. The molecule has 0 aliphatic rings. The summed E-state index contributed by atoms with van der Waals surface area (Å²) in [5.41, 5.74) is 17.5. The number of guanidine groups is 1. The number of carbonyl (C=O) groups excluding carboxylic acids is 5. The van der Waals surface area contributed by atoms with Crippen molar-refractivity contribution in [1.29, 1.82) is 0 Å². The van der Waals surface area contributed by atoms with E-state index in [0.717, 1.165) is 0 Å². The largest absolute Gasteiger partial charge is 0.480 e. The molecule has 0 aliphatic heterocycles. The van der Waals surface area contributed by atoms with Gasteiger partial charge >= 0.3 is 5.97 Å². The number of nitrogens with two attached hydrogens (primary N) is 3. The number of aliphatic carboxylic acids is 1. The Morgan fingerprint density at radius 1 is 0.885 bits per heavy atom. The van der Waals surface area contributed by atoms with E-state index in [0.29, 0.717) is 24.3 Å². The first-order valence-corrected chi connectivity index (χ1v) is 18.6. The summed E-state index contributed by atoms with van der Waals surface area (Å²) in [5.74, 6) is -5.05. The van der Waals surface area contributed by atoms with Crippen LogP contribution in [0.2, 0.25) is 0 Å². The quantitative estimate of drug-likeness (QED) is 0.0284. The second-order valence-corrected chi connectivity index (χ2v) is 13.9. The molecule has 7 atom stereocenters. The summed E-state index contributed by atoms with van der Waals surface area (Å²) in [7, 11) is 0.